The highest BCUT2D eigenvalue weighted by Crippen LogP contribution is 2.22. The van der Waals surface area contributed by atoms with Crippen LogP contribution >= 0.6 is 11.5 Å². The quantitative estimate of drug-likeness (QED) is 0.658. The number of aromatic nitrogens is 2. The van der Waals surface area contributed by atoms with E-state index in [0.717, 1.165) is 11.5 Å². The second-order valence-corrected chi connectivity index (χ2v) is 3.79. The summed E-state index contributed by atoms with van der Waals surface area (Å²) >= 11 is 0.736. The predicted molar refractivity (Wildman–Crippen MR) is 59.0 cm³/mol. The summed E-state index contributed by atoms with van der Waals surface area (Å²) in [5, 5.41) is 19.1. The molecule has 1 heterocycles. The van der Waals surface area contributed by atoms with Crippen molar-refractivity contribution in [2.45, 2.75) is 0 Å². The minimum absolute atomic E-state index is 0.0887. The molecule has 0 radical (unpaired) electrons. The molecule has 0 bridgehead atoms. The minimum atomic E-state index is -1.17. The monoisotopic (exact) mass is 251 g/mol. The largest absolute Gasteiger partial charge is 0.476 e. The van der Waals surface area contributed by atoms with Crippen LogP contribution in [0.4, 0.5) is 5.69 Å². The van der Waals surface area contributed by atoms with E-state index in [9.17, 15) is 14.9 Å². The van der Waals surface area contributed by atoms with Gasteiger partial charge in [0, 0.05) is 17.7 Å². The van der Waals surface area contributed by atoms with Gasteiger partial charge in [-0.15, -0.1) is 0 Å². The van der Waals surface area contributed by atoms with Gasteiger partial charge in [-0.25, -0.2) is 9.78 Å². The van der Waals surface area contributed by atoms with Crippen molar-refractivity contribution < 1.29 is 14.8 Å². The van der Waals surface area contributed by atoms with Crippen molar-refractivity contribution in [1.29, 1.82) is 0 Å². The SMILES string of the molecule is O=C(O)c1nc(-c2cccc([N+](=O)[O-])c2)ns1. The number of benzene rings is 1. The fraction of sp³-hybridized carbons (Fsp3) is 0. The molecule has 0 saturated heterocycles. The van der Waals surface area contributed by atoms with E-state index in [1.165, 1.54) is 18.2 Å². The summed E-state index contributed by atoms with van der Waals surface area (Å²) < 4.78 is 3.84. The molecule has 0 aliphatic carbocycles. The van der Waals surface area contributed by atoms with Crippen LogP contribution in [-0.4, -0.2) is 25.4 Å². The molecule has 1 N–H and O–H groups in total. The molecule has 7 nitrogen and oxygen atoms in total. The first-order valence-electron chi connectivity index (χ1n) is 4.40. The van der Waals surface area contributed by atoms with Crippen molar-refractivity contribution in [3.8, 4) is 11.4 Å². The van der Waals surface area contributed by atoms with Crippen molar-refractivity contribution in [2.75, 3.05) is 0 Å². The fourth-order valence-electron chi connectivity index (χ4n) is 1.19. The van der Waals surface area contributed by atoms with Crippen molar-refractivity contribution in [3.05, 3.63) is 39.4 Å². The third-order valence-electron chi connectivity index (χ3n) is 1.92. The lowest BCUT2D eigenvalue weighted by molar-refractivity contribution is -0.384. The highest BCUT2D eigenvalue weighted by atomic mass is 32.1. The Hall–Kier alpha value is -2.35. The molecule has 0 saturated carbocycles. The maximum atomic E-state index is 10.6. The van der Waals surface area contributed by atoms with Crippen molar-refractivity contribution in [2.24, 2.45) is 0 Å². The Bertz CT molecular complexity index is 595. The van der Waals surface area contributed by atoms with Crippen LogP contribution in [0, 0.1) is 10.1 Å². The highest BCUT2D eigenvalue weighted by Gasteiger charge is 2.14. The average Bonchev–Trinajstić information content (AvgIpc) is 2.78. The van der Waals surface area contributed by atoms with Gasteiger partial charge in [0.05, 0.1) is 4.92 Å². The molecule has 8 heteroatoms. The molecule has 0 unspecified atom stereocenters. The van der Waals surface area contributed by atoms with Gasteiger partial charge in [-0.3, -0.25) is 10.1 Å². The summed E-state index contributed by atoms with van der Waals surface area (Å²) in [4.78, 5) is 24.4. The van der Waals surface area contributed by atoms with Gasteiger partial charge in [-0.1, -0.05) is 12.1 Å². The van der Waals surface area contributed by atoms with E-state index < -0.39 is 10.9 Å². The van der Waals surface area contributed by atoms with Crippen molar-refractivity contribution >= 4 is 23.2 Å². The van der Waals surface area contributed by atoms with Crippen LogP contribution in [0.3, 0.4) is 0 Å². The van der Waals surface area contributed by atoms with Crippen LogP contribution in [0.5, 0.6) is 0 Å². The Kier molecular flexibility index (Phi) is 2.79. The van der Waals surface area contributed by atoms with E-state index in [4.69, 9.17) is 5.11 Å². The van der Waals surface area contributed by atoms with E-state index in [1.54, 1.807) is 6.07 Å². The Labute approximate surface area is 98.7 Å². The second-order valence-electron chi connectivity index (χ2n) is 3.04. The van der Waals surface area contributed by atoms with Crippen LogP contribution in [-0.2, 0) is 0 Å². The summed E-state index contributed by atoms with van der Waals surface area (Å²) in [5.41, 5.74) is 0.331. The van der Waals surface area contributed by atoms with Crippen LogP contribution < -0.4 is 0 Å². The number of rotatable bonds is 3. The van der Waals surface area contributed by atoms with Gasteiger partial charge in [0.25, 0.3) is 5.69 Å². The highest BCUT2D eigenvalue weighted by molar-refractivity contribution is 7.07. The third kappa shape index (κ3) is 2.26. The Morgan fingerprint density at radius 3 is 2.82 bits per heavy atom. The molecule has 0 aliphatic heterocycles. The second kappa shape index (κ2) is 4.26. The van der Waals surface area contributed by atoms with Crippen molar-refractivity contribution in [3.63, 3.8) is 0 Å². The standard InChI is InChI=1S/C9H5N3O4S/c13-9(14)8-10-7(11-17-8)5-2-1-3-6(4-5)12(15)16/h1-4H,(H,13,14). The molecule has 0 amide bonds. The van der Waals surface area contributed by atoms with Gasteiger partial charge < -0.3 is 5.11 Å². The minimum Gasteiger partial charge on any atom is -0.476 e. The molecule has 0 aliphatic rings. The number of carboxylic acids is 1. The number of nitro groups is 1. The van der Waals surface area contributed by atoms with Gasteiger partial charge in [-0.05, 0) is 11.5 Å². The molecule has 0 atom stereocenters. The maximum Gasteiger partial charge on any atom is 0.366 e. The number of nitro benzene ring substituents is 1. The van der Waals surface area contributed by atoms with E-state index in [2.05, 4.69) is 9.36 Å². The topological polar surface area (TPSA) is 106 Å². The number of carbonyl (C=O) groups is 1. The van der Waals surface area contributed by atoms with Gasteiger partial charge in [0.2, 0.25) is 5.01 Å². The zero-order valence-corrected chi connectivity index (χ0v) is 9.05. The first-order chi connectivity index (χ1) is 8.08. The first-order valence-corrected chi connectivity index (χ1v) is 5.17. The molecule has 0 fully saturated rings. The average molecular weight is 251 g/mol. The van der Waals surface area contributed by atoms with Gasteiger partial charge in [0.1, 0.15) is 0 Å². The normalized spacial score (nSPS) is 10.1. The summed E-state index contributed by atoms with van der Waals surface area (Å²) in [7, 11) is 0. The molecule has 1 aromatic carbocycles. The Morgan fingerprint density at radius 2 is 2.24 bits per heavy atom. The summed E-state index contributed by atoms with van der Waals surface area (Å²) in [6.45, 7) is 0. The number of aromatic carboxylic acids is 1. The number of non-ortho nitro benzene ring substituents is 1. The molecule has 0 spiro atoms. The molecule has 2 rings (SSSR count). The molecule has 1 aromatic heterocycles. The maximum absolute atomic E-state index is 10.6. The van der Waals surface area contributed by atoms with E-state index in [-0.39, 0.29) is 16.5 Å². The van der Waals surface area contributed by atoms with Crippen LogP contribution in [0.25, 0.3) is 11.4 Å². The Morgan fingerprint density at radius 1 is 1.47 bits per heavy atom. The number of nitrogens with zero attached hydrogens (tertiary/aromatic N) is 3. The summed E-state index contributed by atoms with van der Waals surface area (Å²) in [6.07, 6.45) is 0. The van der Waals surface area contributed by atoms with E-state index >= 15 is 0 Å². The van der Waals surface area contributed by atoms with Gasteiger partial charge in [-0.2, -0.15) is 4.37 Å². The molecular formula is C9H5N3O4S. The zero-order chi connectivity index (χ0) is 12.4. The first kappa shape index (κ1) is 11.1. The molecular weight excluding hydrogens is 246 g/mol. The lowest BCUT2D eigenvalue weighted by Gasteiger charge is -1.94. The Balaban J connectivity index is 2.42. The van der Waals surface area contributed by atoms with E-state index in [0.29, 0.717) is 5.56 Å². The lowest BCUT2D eigenvalue weighted by atomic mass is 10.2. The van der Waals surface area contributed by atoms with E-state index in [1.807, 2.05) is 0 Å². The van der Waals surface area contributed by atoms with Crippen LogP contribution in [0.15, 0.2) is 24.3 Å². The lowest BCUT2D eigenvalue weighted by Crippen LogP contribution is -1.94. The number of hydrogen-bond acceptors (Lipinski definition) is 6. The summed E-state index contributed by atoms with van der Waals surface area (Å²) in [5.74, 6) is -0.990. The molecule has 86 valence electrons. The molecule has 2 aromatic rings. The predicted octanol–water partition coefficient (Wildman–Crippen LogP) is 1.81. The number of carboxylic acid groups (broad SMARTS) is 1. The van der Waals surface area contributed by atoms with Gasteiger partial charge in [0.15, 0.2) is 5.82 Å². The van der Waals surface area contributed by atoms with Crippen LogP contribution in [0.1, 0.15) is 9.80 Å². The zero-order valence-electron chi connectivity index (χ0n) is 8.23. The smallest absolute Gasteiger partial charge is 0.366 e. The van der Waals surface area contributed by atoms with Crippen molar-refractivity contribution in [1.82, 2.24) is 9.36 Å². The third-order valence-corrected chi connectivity index (χ3v) is 2.63. The summed E-state index contributed by atoms with van der Waals surface area (Å²) in [6, 6.07) is 5.72. The fourth-order valence-corrected chi connectivity index (χ4v) is 1.71. The molecule has 17 heavy (non-hydrogen) atoms. The van der Waals surface area contributed by atoms with Crippen LogP contribution in [0.2, 0.25) is 0 Å². The van der Waals surface area contributed by atoms with Gasteiger partial charge >= 0.3 is 5.97 Å². The number of hydrogen-bond donors (Lipinski definition) is 1.